The fraction of sp³-hybridized carbons (Fsp3) is 0.600. The van der Waals surface area contributed by atoms with Gasteiger partial charge in [-0.2, -0.15) is 0 Å². The van der Waals surface area contributed by atoms with Crippen molar-refractivity contribution in [1.29, 1.82) is 0 Å². The highest BCUT2D eigenvalue weighted by Gasteiger charge is 2.11. The smallest absolute Gasteiger partial charge is 0.150 e. The lowest BCUT2D eigenvalue weighted by atomic mass is 10.0. The Morgan fingerprint density at radius 1 is 1.33 bits per heavy atom. The molecule has 0 amide bonds. The molecule has 1 aromatic carbocycles. The van der Waals surface area contributed by atoms with Gasteiger partial charge in [0.15, 0.2) is 0 Å². The minimum Gasteiger partial charge on any atom is -0.493 e. The zero-order valence-corrected chi connectivity index (χ0v) is 13.5. The number of hydrogen-bond acceptors (Lipinski definition) is 4. The van der Waals surface area contributed by atoms with Crippen molar-refractivity contribution in [3.8, 4) is 5.75 Å². The monoisotopic (exact) mass is 317 g/mol. The van der Waals surface area contributed by atoms with Crippen LogP contribution in [0.4, 0.5) is 4.39 Å². The first-order valence-electron chi connectivity index (χ1n) is 7.25. The molecule has 0 saturated carbocycles. The molecule has 1 aromatic rings. The highest BCUT2D eigenvalue weighted by molar-refractivity contribution is 7.91. The molecule has 1 unspecified atom stereocenters. The number of nitrogens with two attached hydrogens (primary N) is 1. The molecule has 0 spiro atoms. The third-order valence-electron chi connectivity index (χ3n) is 3.33. The maximum absolute atomic E-state index is 13.3. The molecule has 120 valence electrons. The molecule has 0 bridgehead atoms. The maximum Gasteiger partial charge on any atom is 0.150 e. The molecule has 0 heterocycles. The van der Waals surface area contributed by atoms with Gasteiger partial charge in [-0.1, -0.05) is 13.8 Å². The van der Waals surface area contributed by atoms with Crippen molar-refractivity contribution in [1.82, 2.24) is 0 Å². The summed E-state index contributed by atoms with van der Waals surface area (Å²) < 4.78 is 41.7. The van der Waals surface area contributed by atoms with Crippen LogP contribution in [0.2, 0.25) is 0 Å². The van der Waals surface area contributed by atoms with Crippen LogP contribution in [0.5, 0.6) is 5.75 Å². The number of halogens is 1. The first kappa shape index (κ1) is 17.9. The number of ether oxygens (including phenoxy) is 1. The van der Waals surface area contributed by atoms with Crippen LogP contribution in [-0.4, -0.2) is 32.6 Å². The first-order chi connectivity index (χ1) is 9.88. The summed E-state index contributed by atoms with van der Waals surface area (Å²) in [7, 11) is -2.97. The van der Waals surface area contributed by atoms with E-state index < -0.39 is 9.84 Å². The number of sulfone groups is 1. The lowest BCUT2D eigenvalue weighted by molar-refractivity contribution is 0.313. The summed E-state index contributed by atoms with van der Waals surface area (Å²) >= 11 is 0. The van der Waals surface area contributed by atoms with Gasteiger partial charge in [0, 0.05) is 11.8 Å². The normalized spacial score (nSPS) is 13.1. The van der Waals surface area contributed by atoms with E-state index in [1.165, 1.54) is 12.1 Å². The van der Waals surface area contributed by atoms with Crippen molar-refractivity contribution >= 4 is 9.84 Å². The van der Waals surface area contributed by atoms with Crippen LogP contribution in [0.1, 0.15) is 32.3 Å². The van der Waals surface area contributed by atoms with Crippen molar-refractivity contribution < 1.29 is 17.5 Å². The molecule has 4 nitrogen and oxygen atoms in total. The predicted octanol–water partition coefficient (Wildman–Crippen LogP) is 2.31. The van der Waals surface area contributed by atoms with Gasteiger partial charge < -0.3 is 10.5 Å². The third-order valence-corrected chi connectivity index (χ3v) is 5.12. The highest BCUT2D eigenvalue weighted by Crippen LogP contribution is 2.22. The Bertz CT molecular complexity index is 546. The molecule has 0 saturated heterocycles. The van der Waals surface area contributed by atoms with E-state index in [1.807, 2.05) is 6.92 Å². The predicted molar refractivity (Wildman–Crippen MR) is 82.8 cm³/mol. The van der Waals surface area contributed by atoms with Gasteiger partial charge in [0.25, 0.3) is 0 Å². The minimum absolute atomic E-state index is 0.0466. The van der Waals surface area contributed by atoms with Crippen LogP contribution >= 0.6 is 0 Å². The van der Waals surface area contributed by atoms with Gasteiger partial charge in [-0.3, -0.25) is 0 Å². The van der Waals surface area contributed by atoms with Crippen molar-refractivity contribution in [3.05, 3.63) is 29.6 Å². The van der Waals surface area contributed by atoms with Gasteiger partial charge in [0.2, 0.25) is 0 Å². The molecule has 1 atom stereocenters. The Morgan fingerprint density at radius 3 is 2.67 bits per heavy atom. The van der Waals surface area contributed by atoms with Crippen LogP contribution in [0.15, 0.2) is 18.2 Å². The zero-order valence-electron chi connectivity index (χ0n) is 12.6. The van der Waals surface area contributed by atoms with Gasteiger partial charge in [-0.15, -0.1) is 0 Å². The Morgan fingerprint density at radius 2 is 2.05 bits per heavy atom. The van der Waals surface area contributed by atoms with E-state index in [0.29, 0.717) is 25.2 Å². The summed E-state index contributed by atoms with van der Waals surface area (Å²) in [5.74, 6) is 0.498. The zero-order chi connectivity index (χ0) is 15.9. The lowest BCUT2D eigenvalue weighted by Gasteiger charge is -2.14. The summed E-state index contributed by atoms with van der Waals surface area (Å²) in [5.41, 5.74) is 6.62. The molecule has 0 aliphatic heterocycles. The number of hydrogen-bond donors (Lipinski definition) is 1. The van der Waals surface area contributed by atoms with E-state index >= 15 is 0 Å². The largest absolute Gasteiger partial charge is 0.493 e. The molecule has 0 fully saturated rings. The summed E-state index contributed by atoms with van der Waals surface area (Å²) in [4.78, 5) is 0. The molecule has 2 N–H and O–H groups in total. The van der Waals surface area contributed by atoms with Crippen molar-refractivity contribution in [3.63, 3.8) is 0 Å². The van der Waals surface area contributed by atoms with Crippen LogP contribution in [-0.2, 0) is 16.3 Å². The topological polar surface area (TPSA) is 69.4 Å². The molecule has 0 aromatic heterocycles. The molecule has 0 aliphatic carbocycles. The van der Waals surface area contributed by atoms with Gasteiger partial charge in [0.05, 0.1) is 12.4 Å². The third kappa shape index (κ3) is 6.44. The minimum atomic E-state index is -2.97. The van der Waals surface area contributed by atoms with Gasteiger partial charge in [-0.05, 0) is 43.0 Å². The Balaban J connectivity index is 2.62. The molecular formula is C15H24FNO3S. The molecular weight excluding hydrogens is 293 g/mol. The SMILES string of the molecule is CCC(N)Cc1cc(F)ccc1OCCCS(=O)(=O)CC. The second-order valence-corrected chi connectivity index (χ2v) is 7.54. The van der Waals surface area contributed by atoms with Crippen molar-refractivity contribution in [2.45, 2.75) is 39.2 Å². The van der Waals surface area contributed by atoms with Gasteiger partial charge >= 0.3 is 0 Å². The molecule has 1 rings (SSSR count). The van der Waals surface area contributed by atoms with E-state index in [0.717, 1.165) is 12.0 Å². The quantitative estimate of drug-likeness (QED) is 0.710. The van der Waals surface area contributed by atoms with Crippen LogP contribution in [0.25, 0.3) is 0 Å². The number of rotatable bonds is 9. The van der Waals surface area contributed by atoms with Crippen LogP contribution in [0.3, 0.4) is 0 Å². The summed E-state index contributed by atoms with van der Waals surface area (Å²) in [6.07, 6.45) is 1.76. The molecule has 21 heavy (non-hydrogen) atoms. The lowest BCUT2D eigenvalue weighted by Crippen LogP contribution is -2.22. The van der Waals surface area contributed by atoms with Crippen molar-refractivity contribution in [2.24, 2.45) is 5.73 Å². The second kappa shape index (κ2) is 8.34. The second-order valence-electron chi connectivity index (χ2n) is 5.06. The molecule has 0 radical (unpaired) electrons. The summed E-state index contributed by atoms with van der Waals surface area (Å²) in [5, 5.41) is 0. The van der Waals surface area contributed by atoms with E-state index in [2.05, 4.69) is 0 Å². The van der Waals surface area contributed by atoms with E-state index in [9.17, 15) is 12.8 Å². The molecule has 0 aliphatic rings. The van der Waals surface area contributed by atoms with E-state index in [4.69, 9.17) is 10.5 Å². The van der Waals surface area contributed by atoms with Gasteiger partial charge in [-0.25, -0.2) is 12.8 Å². The van der Waals surface area contributed by atoms with Crippen LogP contribution in [0, 0.1) is 5.82 Å². The fourth-order valence-electron chi connectivity index (χ4n) is 1.88. The van der Waals surface area contributed by atoms with E-state index in [-0.39, 0.29) is 23.4 Å². The average molecular weight is 317 g/mol. The van der Waals surface area contributed by atoms with E-state index in [1.54, 1.807) is 13.0 Å². The standard InChI is InChI=1S/C15H24FNO3S/c1-3-14(17)11-12-10-13(16)6-7-15(12)20-8-5-9-21(18,19)4-2/h6-7,10,14H,3-5,8-9,11,17H2,1-2H3. The Hall–Kier alpha value is -1.14. The Labute approximate surface area is 126 Å². The summed E-state index contributed by atoms with van der Waals surface area (Å²) in [6, 6.07) is 4.28. The summed E-state index contributed by atoms with van der Waals surface area (Å²) in [6.45, 7) is 3.89. The average Bonchev–Trinajstić information content (AvgIpc) is 2.45. The fourth-order valence-corrected chi connectivity index (χ4v) is 2.73. The van der Waals surface area contributed by atoms with Gasteiger partial charge in [0.1, 0.15) is 21.4 Å². The molecule has 6 heteroatoms. The highest BCUT2D eigenvalue weighted by atomic mass is 32.2. The maximum atomic E-state index is 13.3. The Kier molecular flexibility index (Phi) is 7.11. The van der Waals surface area contributed by atoms with Crippen LogP contribution < -0.4 is 10.5 Å². The van der Waals surface area contributed by atoms with Crippen molar-refractivity contribution in [2.75, 3.05) is 18.1 Å². The first-order valence-corrected chi connectivity index (χ1v) is 9.07. The number of benzene rings is 1.